The molecule has 19 heavy (non-hydrogen) atoms. The van der Waals surface area contributed by atoms with Crippen molar-refractivity contribution < 1.29 is 5.11 Å². The van der Waals surface area contributed by atoms with Crippen LogP contribution in [0.4, 0.5) is 11.4 Å². The van der Waals surface area contributed by atoms with Crippen LogP contribution in [0.15, 0.2) is 40.9 Å². The second kappa shape index (κ2) is 5.76. The van der Waals surface area contributed by atoms with E-state index < -0.39 is 0 Å². The van der Waals surface area contributed by atoms with Crippen LogP contribution in [0, 0.1) is 13.8 Å². The highest BCUT2D eigenvalue weighted by atomic mass is 79.9. The van der Waals surface area contributed by atoms with E-state index in [1.165, 1.54) is 11.1 Å². The van der Waals surface area contributed by atoms with Crippen LogP contribution in [0.3, 0.4) is 0 Å². The number of anilines is 2. The van der Waals surface area contributed by atoms with Gasteiger partial charge in [0.25, 0.3) is 0 Å². The van der Waals surface area contributed by atoms with Gasteiger partial charge in [-0.2, -0.15) is 0 Å². The van der Waals surface area contributed by atoms with Crippen LogP contribution < -0.4 is 4.90 Å². The molecule has 0 aliphatic heterocycles. The minimum Gasteiger partial charge on any atom is -0.392 e. The molecule has 0 aromatic heterocycles. The molecule has 0 aliphatic carbocycles. The molecule has 0 saturated heterocycles. The molecule has 0 aliphatic rings. The SMILES string of the molecule is Cc1cc(C)cc(N(C)c2cc(Br)ccc2CO)c1. The lowest BCUT2D eigenvalue weighted by atomic mass is 10.1. The minimum atomic E-state index is 0.0394. The average molecular weight is 320 g/mol. The third-order valence-electron chi connectivity index (χ3n) is 3.17. The molecule has 0 saturated carbocycles. The number of halogens is 1. The Bertz CT molecular complexity index is 575. The van der Waals surface area contributed by atoms with E-state index in [1.807, 2.05) is 25.2 Å². The third kappa shape index (κ3) is 3.17. The summed E-state index contributed by atoms with van der Waals surface area (Å²) in [5.74, 6) is 0. The number of aryl methyl sites for hydroxylation is 2. The van der Waals surface area contributed by atoms with Crippen LogP contribution in [0.2, 0.25) is 0 Å². The van der Waals surface area contributed by atoms with Gasteiger partial charge in [-0.1, -0.05) is 28.1 Å². The number of hydrogen-bond acceptors (Lipinski definition) is 2. The van der Waals surface area contributed by atoms with Crippen molar-refractivity contribution in [2.45, 2.75) is 20.5 Å². The fourth-order valence-electron chi connectivity index (χ4n) is 2.27. The Kier molecular flexibility index (Phi) is 4.27. The zero-order valence-corrected chi connectivity index (χ0v) is 13.0. The topological polar surface area (TPSA) is 23.5 Å². The van der Waals surface area contributed by atoms with Crippen LogP contribution in [0.1, 0.15) is 16.7 Å². The highest BCUT2D eigenvalue weighted by molar-refractivity contribution is 9.10. The monoisotopic (exact) mass is 319 g/mol. The lowest BCUT2D eigenvalue weighted by Crippen LogP contribution is -2.12. The Morgan fingerprint density at radius 3 is 2.26 bits per heavy atom. The summed E-state index contributed by atoms with van der Waals surface area (Å²) in [4.78, 5) is 2.11. The zero-order chi connectivity index (χ0) is 14.0. The predicted molar refractivity (Wildman–Crippen MR) is 84.0 cm³/mol. The van der Waals surface area contributed by atoms with Crippen molar-refractivity contribution in [3.8, 4) is 0 Å². The van der Waals surface area contributed by atoms with Gasteiger partial charge in [0.05, 0.1) is 6.61 Å². The first-order valence-electron chi connectivity index (χ1n) is 6.22. The lowest BCUT2D eigenvalue weighted by molar-refractivity contribution is 0.282. The van der Waals surface area contributed by atoms with E-state index >= 15 is 0 Å². The van der Waals surface area contributed by atoms with Crippen LogP contribution >= 0.6 is 15.9 Å². The first-order valence-corrected chi connectivity index (χ1v) is 7.02. The molecule has 0 unspecified atom stereocenters. The van der Waals surface area contributed by atoms with Crippen LogP contribution in [-0.4, -0.2) is 12.2 Å². The van der Waals surface area contributed by atoms with Crippen molar-refractivity contribution in [2.75, 3.05) is 11.9 Å². The van der Waals surface area contributed by atoms with E-state index in [0.717, 1.165) is 21.4 Å². The fraction of sp³-hybridized carbons (Fsp3) is 0.250. The molecule has 3 heteroatoms. The van der Waals surface area contributed by atoms with Crippen molar-refractivity contribution in [3.05, 3.63) is 57.6 Å². The van der Waals surface area contributed by atoms with E-state index in [2.05, 4.69) is 52.9 Å². The molecule has 2 aromatic rings. The second-order valence-corrected chi connectivity index (χ2v) is 5.75. The number of aliphatic hydroxyl groups excluding tert-OH is 1. The summed E-state index contributed by atoms with van der Waals surface area (Å²) in [7, 11) is 2.02. The van der Waals surface area contributed by atoms with Crippen molar-refractivity contribution in [2.24, 2.45) is 0 Å². The van der Waals surface area contributed by atoms with E-state index in [4.69, 9.17) is 0 Å². The Morgan fingerprint density at radius 1 is 1.05 bits per heavy atom. The largest absolute Gasteiger partial charge is 0.392 e. The third-order valence-corrected chi connectivity index (χ3v) is 3.67. The van der Waals surface area contributed by atoms with E-state index in [-0.39, 0.29) is 6.61 Å². The molecular weight excluding hydrogens is 302 g/mol. The summed E-state index contributed by atoms with van der Waals surface area (Å²) in [6, 6.07) is 12.4. The van der Waals surface area contributed by atoms with Crippen molar-refractivity contribution in [1.82, 2.24) is 0 Å². The molecule has 0 fully saturated rings. The number of hydrogen-bond donors (Lipinski definition) is 1. The number of aliphatic hydroxyl groups is 1. The normalized spacial score (nSPS) is 10.6. The van der Waals surface area contributed by atoms with Gasteiger partial charge in [0.15, 0.2) is 0 Å². The van der Waals surface area contributed by atoms with Gasteiger partial charge in [0.1, 0.15) is 0 Å². The average Bonchev–Trinajstić information content (AvgIpc) is 2.36. The van der Waals surface area contributed by atoms with Gasteiger partial charge in [-0.3, -0.25) is 0 Å². The maximum Gasteiger partial charge on any atom is 0.0702 e. The molecular formula is C16H18BrNO. The first kappa shape index (κ1) is 14.1. The Morgan fingerprint density at radius 2 is 1.68 bits per heavy atom. The number of rotatable bonds is 3. The van der Waals surface area contributed by atoms with Gasteiger partial charge in [0, 0.05) is 28.5 Å². The number of nitrogens with zero attached hydrogens (tertiary/aromatic N) is 1. The summed E-state index contributed by atoms with van der Waals surface area (Å²) in [5.41, 5.74) is 5.54. The van der Waals surface area contributed by atoms with Gasteiger partial charge >= 0.3 is 0 Å². The molecule has 2 aromatic carbocycles. The van der Waals surface area contributed by atoms with Crippen LogP contribution in [-0.2, 0) is 6.61 Å². The summed E-state index contributed by atoms with van der Waals surface area (Å²) in [6.07, 6.45) is 0. The Balaban J connectivity index is 2.48. The summed E-state index contributed by atoms with van der Waals surface area (Å²) >= 11 is 3.49. The number of benzene rings is 2. The van der Waals surface area contributed by atoms with Gasteiger partial charge in [-0.15, -0.1) is 0 Å². The molecule has 0 heterocycles. The molecule has 1 N–H and O–H groups in total. The fourth-order valence-corrected chi connectivity index (χ4v) is 2.62. The van der Waals surface area contributed by atoms with Crippen molar-refractivity contribution >= 4 is 27.3 Å². The van der Waals surface area contributed by atoms with Crippen LogP contribution in [0.25, 0.3) is 0 Å². The second-order valence-electron chi connectivity index (χ2n) is 4.84. The minimum absolute atomic E-state index is 0.0394. The van der Waals surface area contributed by atoms with Crippen molar-refractivity contribution in [1.29, 1.82) is 0 Å². The van der Waals surface area contributed by atoms with E-state index in [9.17, 15) is 5.11 Å². The maximum atomic E-state index is 9.47. The predicted octanol–water partition coefficient (Wildman–Crippen LogP) is 4.33. The quantitative estimate of drug-likeness (QED) is 0.910. The molecule has 0 bridgehead atoms. The summed E-state index contributed by atoms with van der Waals surface area (Å²) < 4.78 is 1.01. The van der Waals surface area contributed by atoms with Gasteiger partial charge in [0.2, 0.25) is 0 Å². The van der Waals surface area contributed by atoms with Crippen LogP contribution in [0.5, 0.6) is 0 Å². The Labute approximate surface area is 122 Å². The Hall–Kier alpha value is -1.32. The molecule has 2 nitrogen and oxygen atoms in total. The smallest absolute Gasteiger partial charge is 0.0702 e. The zero-order valence-electron chi connectivity index (χ0n) is 11.4. The molecule has 0 atom stereocenters. The van der Waals surface area contributed by atoms with Crippen molar-refractivity contribution in [3.63, 3.8) is 0 Å². The highest BCUT2D eigenvalue weighted by Crippen LogP contribution is 2.31. The molecule has 0 amide bonds. The highest BCUT2D eigenvalue weighted by Gasteiger charge is 2.10. The van der Waals surface area contributed by atoms with E-state index in [0.29, 0.717) is 0 Å². The van der Waals surface area contributed by atoms with E-state index in [1.54, 1.807) is 0 Å². The molecule has 2 rings (SSSR count). The molecule has 0 radical (unpaired) electrons. The molecule has 100 valence electrons. The summed E-state index contributed by atoms with van der Waals surface area (Å²) in [6.45, 7) is 4.23. The van der Waals surface area contributed by atoms with Gasteiger partial charge < -0.3 is 10.0 Å². The van der Waals surface area contributed by atoms with Gasteiger partial charge in [-0.25, -0.2) is 0 Å². The lowest BCUT2D eigenvalue weighted by Gasteiger charge is -2.23. The molecule has 0 spiro atoms. The van der Waals surface area contributed by atoms with Gasteiger partial charge in [-0.05, 0) is 49.2 Å². The standard InChI is InChI=1S/C16H18BrNO/c1-11-6-12(2)8-15(7-11)18(3)16-9-14(17)5-4-13(16)10-19/h4-9,19H,10H2,1-3H3. The maximum absolute atomic E-state index is 9.47. The summed E-state index contributed by atoms with van der Waals surface area (Å²) in [5, 5.41) is 9.47. The first-order chi connectivity index (χ1) is 9.01.